The molecule has 0 unspecified atom stereocenters. The van der Waals surface area contributed by atoms with Crippen molar-refractivity contribution in [3.8, 4) is 0 Å². The van der Waals surface area contributed by atoms with Gasteiger partial charge in [0, 0.05) is 16.2 Å². The first kappa shape index (κ1) is 16.5. The highest BCUT2D eigenvalue weighted by Gasteiger charge is 2.14. The Bertz CT molecular complexity index is 630. The molecule has 4 heteroatoms. The van der Waals surface area contributed by atoms with Crippen LogP contribution in [0, 0.1) is 11.6 Å². The SMILES string of the molecule is CC(C)(C)c1ccc(SCc2c(F)ccc(Br)c2F)cc1. The van der Waals surface area contributed by atoms with Crippen molar-refractivity contribution in [2.45, 2.75) is 36.8 Å². The van der Waals surface area contributed by atoms with E-state index in [2.05, 4.69) is 48.8 Å². The van der Waals surface area contributed by atoms with Gasteiger partial charge in [0.2, 0.25) is 0 Å². The van der Waals surface area contributed by atoms with Crippen LogP contribution in [0.3, 0.4) is 0 Å². The van der Waals surface area contributed by atoms with E-state index in [1.807, 2.05) is 12.1 Å². The highest BCUT2D eigenvalue weighted by Crippen LogP contribution is 2.30. The van der Waals surface area contributed by atoms with E-state index in [0.29, 0.717) is 4.47 Å². The number of hydrogen-bond donors (Lipinski definition) is 0. The fraction of sp³-hybridized carbons (Fsp3) is 0.294. The second kappa shape index (κ2) is 6.49. The Hall–Kier alpha value is -0.870. The second-order valence-corrected chi connectivity index (χ2v) is 7.79. The molecular weight excluding hydrogens is 354 g/mol. The zero-order chi connectivity index (χ0) is 15.6. The summed E-state index contributed by atoms with van der Waals surface area (Å²) < 4.78 is 27.9. The smallest absolute Gasteiger partial charge is 0.144 e. The minimum absolute atomic E-state index is 0.103. The Balaban J connectivity index is 2.12. The van der Waals surface area contributed by atoms with Crippen LogP contribution in [0.25, 0.3) is 0 Å². The third-order valence-electron chi connectivity index (χ3n) is 3.24. The van der Waals surface area contributed by atoms with E-state index in [1.54, 1.807) is 0 Å². The van der Waals surface area contributed by atoms with E-state index in [-0.39, 0.29) is 16.7 Å². The molecule has 0 spiro atoms. The van der Waals surface area contributed by atoms with Crippen molar-refractivity contribution in [3.63, 3.8) is 0 Å². The first-order valence-electron chi connectivity index (χ1n) is 6.65. The zero-order valence-corrected chi connectivity index (χ0v) is 14.6. The first-order chi connectivity index (χ1) is 9.79. The maximum atomic E-state index is 13.9. The van der Waals surface area contributed by atoms with Gasteiger partial charge in [0.15, 0.2) is 0 Å². The van der Waals surface area contributed by atoms with Crippen molar-refractivity contribution >= 4 is 27.7 Å². The van der Waals surface area contributed by atoms with Crippen molar-refractivity contribution in [2.75, 3.05) is 0 Å². The number of hydrogen-bond acceptors (Lipinski definition) is 1. The van der Waals surface area contributed by atoms with Crippen LogP contribution in [0.4, 0.5) is 8.78 Å². The normalized spacial score (nSPS) is 11.7. The molecule has 0 aliphatic rings. The van der Waals surface area contributed by atoms with Gasteiger partial charge >= 0.3 is 0 Å². The summed E-state index contributed by atoms with van der Waals surface area (Å²) in [5.41, 5.74) is 1.45. The monoisotopic (exact) mass is 370 g/mol. The van der Waals surface area contributed by atoms with Crippen LogP contribution < -0.4 is 0 Å². The Morgan fingerprint density at radius 1 is 1.00 bits per heavy atom. The lowest BCUT2D eigenvalue weighted by Crippen LogP contribution is -2.10. The highest BCUT2D eigenvalue weighted by atomic mass is 79.9. The minimum atomic E-state index is -0.520. The summed E-state index contributed by atoms with van der Waals surface area (Å²) in [4.78, 5) is 1.00. The third kappa shape index (κ3) is 4.07. The molecule has 0 aliphatic heterocycles. The molecule has 0 nitrogen and oxygen atoms in total. The maximum Gasteiger partial charge on any atom is 0.144 e. The molecule has 0 saturated heterocycles. The molecule has 0 heterocycles. The van der Waals surface area contributed by atoms with Gasteiger partial charge in [-0.1, -0.05) is 32.9 Å². The van der Waals surface area contributed by atoms with Gasteiger partial charge in [0.25, 0.3) is 0 Å². The molecule has 0 bridgehead atoms. The van der Waals surface area contributed by atoms with Crippen LogP contribution in [0.5, 0.6) is 0 Å². The van der Waals surface area contributed by atoms with Crippen molar-refractivity contribution in [3.05, 3.63) is 63.6 Å². The molecule has 2 rings (SSSR count). The summed E-state index contributed by atoms with van der Waals surface area (Å²) in [7, 11) is 0. The van der Waals surface area contributed by atoms with E-state index < -0.39 is 11.6 Å². The van der Waals surface area contributed by atoms with E-state index in [0.717, 1.165) is 4.90 Å². The minimum Gasteiger partial charge on any atom is -0.207 e. The van der Waals surface area contributed by atoms with E-state index in [9.17, 15) is 8.78 Å². The van der Waals surface area contributed by atoms with Gasteiger partial charge in [-0.05, 0) is 51.2 Å². The Morgan fingerprint density at radius 3 is 2.19 bits per heavy atom. The lowest BCUT2D eigenvalue weighted by molar-refractivity contribution is 0.562. The number of rotatable bonds is 3. The maximum absolute atomic E-state index is 13.9. The molecule has 112 valence electrons. The Kier molecular flexibility index (Phi) is 5.10. The number of thioether (sulfide) groups is 1. The summed E-state index contributed by atoms with van der Waals surface area (Å²) in [5, 5.41) is 0. The van der Waals surface area contributed by atoms with Gasteiger partial charge in [-0.3, -0.25) is 0 Å². The Labute approximate surface area is 137 Å². The van der Waals surface area contributed by atoms with Crippen LogP contribution in [-0.2, 0) is 11.2 Å². The average molecular weight is 371 g/mol. The number of halogens is 3. The molecule has 0 fully saturated rings. The summed E-state index contributed by atoms with van der Waals surface area (Å²) in [6.45, 7) is 6.46. The van der Waals surface area contributed by atoms with E-state index in [1.165, 1.54) is 29.5 Å². The van der Waals surface area contributed by atoms with Gasteiger partial charge in [-0.2, -0.15) is 0 Å². The lowest BCUT2D eigenvalue weighted by atomic mass is 9.87. The molecule has 0 aromatic heterocycles. The highest BCUT2D eigenvalue weighted by molar-refractivity contribution is 9.10. The summed E-state index contributed by atoms with van der Waals surface area (Å²) in [6.07, 6.45) is 0. The molecule has 0 N–H and O–H groups in total. The average Bonchev–Trinajstić information content (AvgIpc) is 2.43. The van der Waals surface area contributed by atoms with Crippen LogP contribution in [0.15, 0.2) is 45.8 Å². The zero-order valence-electron chi connectivity index (χ0n) is 12.2. The van der Waals surface area contributed by atoms with Gasteiger partial charge in [-0.15, -0.1) is 11.8 Å². The molecule has 2 aromatic carbocycles. The van der Waals surface area contributed by atoms with Gasteiger partial charge in [0.05, 0.1) is 4.47 Å². The van der Waals surface area contributed by atoms with Crippen molar-refractivity contribution in [1.82, 2.24) is 0 Å². The fourth-order valence-electron chi connectivity index (χ4n) is 1.91. The topological polar surface area (TPSA) is 0 Å². The number of benzene rings is 2. The fourth-order valence-corrected chi connectivity index (χ4v) is 3.18. The van der Waals surface area contributed by atoms with Crippen LogP contribution in [0.1, 0.15) is 31.9 Å². The Morgan fingerprint density at radius 2 is 1.62 bits per heavy atom. The van der Waals surface area contributed by atoms with Crippen LogP contribution in [0.2, 0.25) is 0 Å². The lowest BCUT2D eigenvalue weighted by Gasteiger charge is -2.19. The van der Waals surface area contributed by atoms with Gasteiger partial charge < -0.3 is 0 Å². The molecule has 0 amide bonds. The summed E-state index contributed by atoms with van der Waals surface area (Å²) >= 11 is 4.52. The standard InChI is InChI=1S/C17H17BrF2S/c1-17(2,3)11-4-6-12(7-5-11)21-10-13-15(19)9-8-14(18)16(13)20/h4-9H,10H2,1-3H3. The molecule has 0 saturated carbocycles. The van der Waals surface area contributed by atoms with Crippen LogP contribution >= 0.6 is 27.7 Å². The largest absolute Gasteiger partial charge is 0.207 e. The summed E-state index contributed by atoms with van der Waals surface area (Å²) in [5.74, 6) is -0.755. The first-order valence-corrected chi connectivity index (χ1v) is 8.42. The van der Waals surface area contributed by atoms with E-state index in [4.69, 9.17) is 0 Å². The van der Waals surface area contributed by atoms with Crippen molar-refractivity contribution in [2.24, 2.45) is 0 Å². The van der Waals surface area contributed by atoms with E-state index >= 15 is 0 Å². The predicted molar refractivity (Wildman–Crippen MR) is 88.8 cm³/mol. The summed E-state index contributed by atoms with van der Waals surface area (Å²) in [6, 6.07) is 10.8. The van der Waals surface area contributed by atoms with Crippen LogP contribution in [-0.4, -0.2) is 0 Å². The third-order valence-corrected chi connectivity index (χ3v) is 4.89. The molecule has 0 atom stereocenters. The molecular formula is C17H17BrF2S. The van der Waals surface area contributed by atoms with Crippen molar-refractivity contribution < 1.29 is 8.78 Å². The predicted octanol–water partition coefficient (Wildman–Crippen LogP) is 6.32. The molecule has 0 aliphatic carbocycles. The second-order valence-electron chi connectivity index (χ2n) is 5.88. The molecule has 2 aromatic rings. The quantitative estimate of drug-likeness (QED) is 0.450. The molecule has 0 radical (unpaired) electrons. The van der Waals surface area contributed by atoms with Gasteiger partial charge in [0.1, 0.15) is 11.6 Å². The van der Waals surface area contributed by atoms with Crippen molar-refractivity contribution in [1.29, 1.82) is 0 Å². The van der Waals surface area contributed by atoms with Gasteiger partial charge in [-0.25, -0.2) is 8.78 Å². The molecule has 21 heavy (non-hydrogen) atoms.